The van der Waals surface area contributed by atoms with Gasteiger partial charge < -0.3 is 5.73 Å². The molecule has 0 radical (unpaired) electrons. The zero-order chi connectivity index (χ0) is 13.7. The standard InChI is InChI=1S/C10H12F3N5S/c11-10(12,13)7-15-16-8-18(7)17-6(19-8)4-9(5-14)2-1-3-9/h1-5,14H2. The average molecular weight is 291 g/mol. The van der Waals surface area contributed by atoms with Gasteiger partial charge in [0.15, 0.2) is 0 Å². The van der Waals surface area contributed by atoms with Crippen LogP contribution in [0.4, 0.5) is 13.2 Å². The van der Waals surface area contributed by atoms with Crippen molar-refractivity contribution < 1.29 is 13.2 Å². The van der Waals surface area contributed by atoms with E-state index < -0.39 is 12.0 Å². The first-order chi connectivity index (χ1) is 8.93. The summed E-state index contributed by atoms with van der Waals surface area (Å²) in [4.78, 5) is 0.175. The minimum Gasteiger partial charge on any atom is -0.330 e. The quantitative estimate of drug-likeness (QED) is 0.937. The molecule has 1 aliphatic carbocycles. The maximum Gasteiger partial charge on any atom is 0.453 e. The van der Waals surface area contributed by atoms with Crippen LogP contribution in [0.1, 0.15) is 30.1 Å². The molecule has 2 N–H and O–H groups in total. The third kappa shape index (κ3) is 2.10. The lowest BCUT2D eigenvalue weighted by Crippen LogP contribution is -2.39. The molecule has 104 valence electrons. The van der Waals surface area contributed by atoms with Crippen molar-refractivity contribution in [3.63, 3.8) is 0 Å². The first-order valence-corrected chi connectivity index (χ1v) is 6.74. The van der Waals surface area contributed by atoms with Crippen molar-refractivity contribution in [2.75, 3.05) is 6.54 Å². The first kappa shape index (κ1) is 12.8. The van der Waals surface area contributed by atoms with Gasteiger partial charge in [0.2, 0.25) is 4.96 Å². The van der Waals surface area contributed by atoms with E-state index in [9.17, 15) is 13.2 Å². The molecule has 0 bridgehead atoms. The second kappa shape index (κ2) is 4.14. The second-order valence-corrected chi connectivity index (χ2v) is 5.99. The Morgan fingerprint density at radius 3 is 2.58 bits per heavy atom. The van der Waals surface area contributed by atoms with Crippen LogP contribution in [0.2, 0.25) is 0 Å². The van der Waals surface area contributed by atoms with E-state index in [4.69, 9.17) is 5.73 Å². The van der Waals surface area contributed by atoms with Crippen LogP contribution < -0.4 is 5.73 Å². The molecule has 5 nitrogen and oxygen atoms in total. The van der Waals surface area contributed by atoms with E-state index in [2.05, 4.69) is 15.3 Å². The van der Waals surface area contributed by atoms with Crippen molar-refractivity contribution in [3.05, 3.63) is 10.8 Å². The summed E-state index contributed by atoms with van der Waals surface area (Å²) in [5, 5.41) is 11.3. The molecular weight excluding hydrogens is 279 g/mol. The van der Waals surface area contributed by atoms with Gasteiger partial charge in [0.25, 0.3) is 5.82 Å². The largest absolute Gasteiger partial charge is 0.453 e. The third-order valence-corrected chi connectivity index (χ3v) is 4.56. The first-order valence-electron chi connectivity index (χ1n) is 5.92. The van der Waals surface area contributed by atoms with Gasteiger partial charge in [0.05, 0.1) is 0 Å². The van der Waals surface area contributed by atoms with Gasteiger partial charge in [-0.05, 0) is 24.8 Å². The van der Waals surface area contributed by atoms with E-state index in [-0.39, 0.29) is 10.4 Å². The smallest absolute Gasteiger partial charge is 0.330 e. The van der Waals surface area contributed by atoms with E-state index in [1.54, 1.807) is 0 Å². The fourth-order valence-corrected chi connectivity index (χ4v) is 3.36. The Bertz CT molecular complexity index is 592. The Morgan fingerprint density at radius 1 is 1.32 bits per heavy atom. The number of hydrogen-bond acceptors (Lipinski definition) is 5. The Morgan fingerprint density at radius 2 is 2.05 bits per heavy atom. The van der Waals surface area contributed by atoms with E-state index in [0.29, 0.717) is 18.0 Å². The van der Waals surface area contributed by atoms with Crippen LogP contribution in [-0.2, 0) is 12.6 Å². The van der Waals surface area contributed by atoms with Crippen molar-refractivity contribution in [2.24, 2.45) is 11.1 Å². The molecule has 2 aromatic rings. The molecule has 0 unspecified atom stereocenters. The van der Waals surface area contributed by atoms with Crippen molar-refractivity contribution in [1.29, 1.82) is 0 Å². The Labute approximate surface area is 110 Å². The van der Waals surface area contributed by atoms with Crippen molar-refractivity contribution >= 4 is 16.3 Å². The Hall–Kier alpha value is -1.22. The molecule has 1 aliphatic rings. The summed E-state index contributed by atoms with van der Waals surface area (Å²) in [6.45, 7) is 0.541. The number of alkyl halides is 3. The molecule has 0 aromatic carbocycles. The molecule has 3 rings (SSSR count). The number of hydrogen-bond donors (Lipinski definition) is 1. The van der Waals surface area contributed by atoms with Crippen LogP contribution in [-0.4, -0.2) is 26.4 Å². The third-order valence-electron chi connectivity index (χ3n) is 3.66. The molecule has 0 amide bonds. The topological polar surface area (TPSA) is 69.1 Å². The highest BCUT2D eigenvalue weighted by molar-refractivity contribution is 7.16. The van der Waals surface area contributed by atoms with E-state index in [1.807, 2.05) is 0 Å². The summed E-state index contributed by atoms with van der Waals surface area (Å²) in [7, 11) is 0. The number of nitrogens with zero attached hydrogens (tertiary/aromatic N) is 4. The van der Waals surface area contributed by atoms with Gasteiger partial charge in [-0.25, -0.2) is 0 Å². The van der Waals surface area contributed by atoms with Crippen LogP contribution in [0.5, 0.6) is 0 Å². The van der Waals surface area contributed by atoms with Crippen LogP contribution in [0, 0.1) is 5.41 Å². The summed E-state index contributed by atoms with van der Waals surface area (Å²) >= 11 is 1.15. The van der Waals surface area contributed by atoms with Gasteiger partial charge in [-0.15, -0.1) is 10.2 Å². The highest BCUT2D eigenvalue weighted by Crippen LogP contribution is 2.43. The van der Waals surface area contributed by atoms with Crippen LogP contribution >= 0.6 is 11.3 Å². The maximum absolute atomic E-state index is 12.7. The minimum atomic E-state index is -4.53. The minimum absolute atomic E-state index is 0.0156. The number of aromatic nitrogens is 4. The van der Waals surface area contributed by atoms with Crippen molar-refractivity contribution in [3.8, 4) is 0 Å². The second-order valence-electron chi connectivity index (χ2n) is 4.95. The van der Waals surface area contributed by atoms with Crippen molar-refractivity contribution in [1.82, 2.24) is 19.8 Å². The van der Waals surface area contributed by atoms with Crippen LogP contribution in [0.25, 0.3) is 4.96 Å². The number of fused-ring (bicyclic) bond motifs is 1. The zero-order valence-corrected chi connectivity index (χ0v) is 10.8. The molecule has 0 atom stereocenters. The molecular formula is C10H12F3N5S. The lowest BCUT2D eigenvalue weighted by atomic mass is 9.67. The summed E-state index contributed by atoms with van der Waals surface area (Å²) in [6, 6.07) is 0. The fourth-order valence-electron chi connectivity index (χ4n) is 2.36. The molecule has 0 spiro atoms. The Balaban J connectivity index is 1.92. The molecule has 2 heterocycles. The number of halogens is 3. The highest BCUT2D eigenvalue weighted by Gasteiger charge is 2.40. The van der Waals surface area contributed by atoms with Crippen LogP contribution in [0.3, 0.4) is 0 Å². The van der Waals surface area contributed by atoms with E-state index in [0.717, 1.165) is 35.1 Å². The van der Waals surface area contributed by atoms with Crippen LogP contribution in [0.15, 0.2) is 0 Å². The average Bonchev–Trinajstić information content (AvgIpc) is 2.80. The highest BCUT2D eigenvalue weighted by atomic mass is 32.1. The summed E-state index contributed by atoms with van der Waals surface area (Å²) in [5.74, 6) is -1.07. The van der Waals surface area contributed by atoms with E-state index in [1.165, 1.54) is 0 Å². The van der Waals surface area contributed by atoms with Gasteiger partial charge in [-0.3, -0.25) is 0 Å². The predicted molar refractivity (Wildman–Crippen MR) is 62.7 cm³/mol. The summed E-state index contributed by atoms with van der Waals surface area (Å²) in [6.07, 6.45) is -0.776. The summed E-state index contributed by atoms with van der Waals surface area (Å²) < 4.78 is 38.8. The van der Waals surface area contributed by atoms with Crippen molar-refractivity contribution in [2.45, 2.75) is 31.9 Å². The zero-order valence-electron chi connectivity index (χ0n) is 9.94. The molecule has 9 heteroatoms. The molecule has 2 aromatic heterocycles. The molecule has 1 fully saturated rings. The van der Waals surface area contributed by atoms with Gasteiger partial charge in [0, 0.05) is 6.42 Å². The monoisotopic (exact) mass is 291 g/mol. The molecule has 1 saturated carbocycles. The molecule has 0 aliphatic heterocycles. The number of rotatable bonds is 3. The van der Waals surface area contributed by atoms with E-state index >= 15 is 0 Å². The normalized spacial score (nSPS) is 18.7. The van der Waals surface area contributed by atoms with Gasteiger partial charge in [0.1, 0.15) is 5.01 Å². The number of nitrogens with two attached hydrogens (primary N) is 1. The molecule has 0 saturated heterocycles. The predicted octanol–water partition coefficient (Wildman–Crippen LogP) is 1.88. The van der Waals surface area contributed by atoms with Gasteiger partial charge >= 0.3 is 6.18 Å². The van der Waals surface area contributed by atoms with Gasteiger partial charge in [-0.2, -0.15) is 22.8 Å². The lowest BCUT2D eigenvalue weighted by molar-refractivity contribution is -0.146. The lowest BCUT2D eigenvalue weighted by Gasteiger charge is -2.40. The SMILES string of the molecule is NCC1(Cc2nn3c(C(F)(F)F)nnc3s2)CCC1. The Kier molecular flexibility index (Phi) is 2.79. The van der Waals surface area contributed by atoms with Gasteiger partial charge in [-0.1, -0.05) is 17.8 Å². The maximum atomic E-state index is 12.7. The fraction of sp³-hybridized carbons (Fsp3) is 0.700. The summed E-state index contributed by atoms with van der Waals surface area (Å²) in [5.41, 5.74) is 5.76. The molecule has 19 heavy (non-hydrogen) atoms.